The van der Waals surface area contributed by atoms with Crippen LogP contribution < -0.4 is 10.6 Å². The maximum Gasteiger partial charge on any atom is 0.241 e. The van der Waals surface area contributed by atoms with Crippen molar-refractivity contribution in [2.75, 3.05) is 4.90 Å². The summed E-state index contributed by atoms with van der Waals surface area (Å²) in [5, 5.41) is 12.2. The number of nitrogens with zero attached hydrogens (tertiary/aromatic N) is 2. The average molecular weight is 287 g/mol. The molecule has 0 spiro atoms. The minimum atomic E-state index is -0.812. The van der Waals surface area contributed by atoms with Crippen molar-refractivity contribution < 1.29 is 10.0 Å². The van der Waals surface area contributed by atoms with Gasteiger partial charge in [-0.2, -0.15) is 0 Å². The maximum absolute atomic E-state index is 13.1. The van der Waals surface area contributed by atoms with Gasteiger partial charge in [-0.1, -0.05) is 29.8 Å². The summed E-state index contributed by atoms with van der Waals surface area (Å²) >= 11 is 0. The van der Waals surface area contributed by atoms with Crippen molar-refractivity contribution in [2.45, 2.75) is 45.1 Å². The van der Waals surface area contributed by atoms with E-state index < -0.39 is 5.41 Å². The molecule has 1 fully saturated rings. The summed E-state index contributed by atoms with van der Waals surface area (Å²) in [6, 6.07) is 8.14. The molecule has 1 aliphatic heterocycles. The Morgan fingerprint density at radius 3 is 2.76 bits per heavy atom. The van der Waals surface area contributed by atoms with E-state index in [2.05, 4.69) is 18.1 Å². The van der Waals surface area contributed by atoms with Crippen LogP contribution in [0.25, 0.3) is 0 Å². The predicted molar refractivity (Wildman–Crippen MR) is 81.4 cm³/mol. The van der Waals surface area contributed by atoms with E-state index in [4.69, 9.17) is 10.9 Å². The Kier molecular flexibility index (Phi) is 3.35. The van der Waals surface area contributed by atoms with Gasteiger partial charge in [-0.3, -0.25) is 4.79 Å². The Morgan fingerprint density at radius 1 is 1.43 bits per heavy atom. The minimum Gasteiger partial charge on any atom is -0.409 e. The van der Waals surface area contributed by atoms with Gasteiger partial charge in [-0.15, -0.1) is 0 Å². The second kappa shape index (κ2) is 5.06. The smallest absolute Gasteiger partial charge is 0.241 e. The number of amides is 1. The number of amidine groups is 1. The first-order valence-electron chi connectivity index (χ1n) is 7.50. The summed E-state index contributed by atoms with van der Waals surface area (Å²) in [7, 11) is 0. The van der Waals surface area contributed by atoms with Gasteiger partial charge in [-0.25, -0.2) is 0 Å². The first-order valence-corrected chi connectivity index (χ1v) is 7.50. The van der Waals surface area contributed by atoms with Crippen LogP contribution in [-0.4, -0.2) is 23.0 Å². The van der Waals surface area contributed by atoms with Gasteiger partial charge in [0, 0.05) is 11.7 Å². The molecule has 1 aliphatic carbocycles. The van der Waals surface area contributed by atoms with Crippen LogP contribution in [0, 0.1) is 5.41 Å². The number of aryl methyl sites for hydroxylation is 1. The molecule has 1 unspecified atom stereocenters. The molecule has 1 aromatic rings. The number of anilines is 1. The second-order valence-electron chi connectivity index (χ2n) is 6.11. The highest BCUT2D eigenvalue weighted by Gasteiger charge is 2.51. The summed E-state index contributed by atoms with van der Waals surface area (Å²) < 4.78 is 0. The molecule has 2 aliphatic rings. The summed E-state index contributed by atoms with van der Waals surface area (Å²) in [5.74, 6) is 0.0257. The SMILES string of the molecule is CC1CCc2ccccc2N1C(=O)C1(/C(N)=N/O)CCC1. The Morgan fingerprint density at radius 2 is 2.14 bits per heavy atom. The third-order valence-corrected chi connectivity index (χ3v) is 4.96. The number of oxime groups is 1. The maximum atomic E-state index is 13.1. The predicted octanol–water partition coefficient (Wildman–Crippen LogP) is 2.27. The van der Waals surface area contributed by atoms with Gasteiger partial charge in [0.15, 0.2) is 5.84 Å². The molecule has 1 aromatic carbocycles. The zero-order chi connectivity index (χ0) is 15.0. The highest BCUT2D eigenvalue weighted by molar-refractivity contribution is 6.14. The van der Waals surface area contributed by atoms with Crippen molar-refractivity contribution in [3.63, 3.8) is 0 Å². The molecule has 1 atom stereocenters. The number of carbonyl (C=O) groups excluding carboxylic acids is 1. The van der Waals surface area contributed by atoms with Gasteiger partial charge in [0.25, 0.3) is 0 Å². The lowest BCUT2D eigenvalue weighted by molar-refractivity contribution is -0.128. The number of nitrogens with two attached hydrogens (primary N) is 1. The van der Waals surface area contributed by atoms with E-state index >= 15 is 0 Å². The van der Waals surface area contributed by atoms with E-state index in [-0.39, 0.29) is 17.8 Å². The summed E-state index contributed by atoms with van der Waals surface area (Å²) in [4.78, 5) is 15.0. The molecule has 112 valence electrons. The van der Waals surface area contributed by atoms with E-state index in [0.29, 0.717) is 12.8 Å². The lowest BCUT2D eigenvalue weighted by atomic mass is 9.66. The summed E-state index contributed by atoms with van der Waals surface area (Å²) in [6.07, 6.45) is 4.18. The molecular weight excluding hydrogens is 266 g/mol. The topological polar surface area (TPSA) is 78.9 Å². The van der Waals surface area contributed by atoms with Crippen molar-refractivity contribution in [2.24, 2.45) is 16.3 Å². The Balaban J connectivity index is 2.01. The van der Waals surface area contributed by atoms with Crippen molar-refractivity contribution in [3.8, 4) is 0 Å². The van der Waals surface area contributed by atoms with Crippen LogP contribution in [0.5, 0.6) is 0 Å². The van der Waals surface area contributed by atoms with Gasteiger partial charge in [0.1, 0.15) is 5.41 Å². The molecule has 5 heteroatoms. The third kappa shape index (κ3) is 1.99. The van der Waals surface area contributed by atoms with Gasteiger partial charge in [0.2, 0.25) is 5.91 Å². The molecule has 0 radical (unpaired) electrons. The average Bonchev–Trinajstić information content (AvgIpc) is 2.45. The number of para-hydroxylation sites is 1. The van der Waals surface area contributed by atoms with Gasteiger partial charge < -0.3 is 15.8 Å². The number of fused-ring (bicyclic) bond motifs is 1. The molecule has 1 amide bonds. The van der Waals surface area contributed by atoms with Gasteiger partial charge in [0.05, 0.1) is 0 Å². The molecule has 0 aromatic heterocycles. The molecule has 0 saturated heterocycles. The first-order chi connectivity index (χ1) is 10.1. The lowest BCUT2D eigenvalue weighted by Gasteiger charge is -2.45. The van der Waals surface area contributed by atoms with Crippen LogP contribution in [0.3, 0.4) is 0 Å². The van der Waals surface area contributed by atoms with E-state index in [1.165, 1.54) is 5.56 Å². The molecule has 21 heavy (non-hydrogen) atoms. The van der Waals surface area contributed by atoms with E-state index in [9.17, 15) is 4.79 Å². The fourth-order valence-electron chi connectivity index (χ4n) is 3.43. The van der Waals surface area contributed by atoms with Gasteiger partial charge in [-0.05, 0) is 44.2 Å². The molecule has 0 bridgehead atoms. The fraction of sp³-hybridized carbons (Fsp3) is 0.500. The minimum absolute atomic E-state index is 0.0244. The van der Waals surface area contributed by atoms with E-state index in [0.717, 1.165) is 24.9 Å². The van der Waals surface area contributed by atoms with Crippen LogP contribution in [0.2, 0.25) is 0 Å². The van der Waals surface area contributed by atoms with Crippen LogP contribution in [0.1, 0.15) is 38.2 Å². The monoisotopic (exact) mass is 287 g/mol. The number of benzene rings is 1. The molecule has 1 saturated carbocycles. The number of rotatable bonds is 2. The van der Waals surface area contributed by atoms with Crippen LogP contribution in [-0.2, 0) is 11.2 Å². The highest BCUT2D eigenvalue weighted by Crippen LogP contribution is 2.45. The number of hydrogen-bond acceptors (Lipinski definition) is 3. The summed E-state index contributed by atoms with van der Waals surface area (Å²) in [5.41, 5.74) is 7.19. The number of carbonyl (C=O) groups is 1. The Bertz CT molecular complexity index is 593. The summed E-state index contributed by atoms with van der Waals surface area (Å²) in [6.45, 7) is 2.06. The number of hydrogen-bond donors (Lipinski definition) is 2. The first kappa shape index (κ1) is 13.9. The lowest BCUT2D eigenvalue weighted by Crippen LogP contribution is -2.58. The molecule has 1 heterocycles. The zero-order valence-corrected chi connectivity index (χ0v) is 12.2. The largest absolute Gasteiger partial charge is 0.409 e. The highest BCUT2D eigenvalue weighted by atomic mass is 16.4. The molecule has 3 N–H and O–H groups in total. The van der Waals surface area contributed by atoms with Crippen molar-refractivity contribution in [3.05, 3.63) is 29.8 Å². The van der Waals surface area contributed by atoms with Crippen LogP contribution >= 0.6 is 0 Å². The quantitative estimate of drug-likeness (QED) is 0.379. The van der Waals surface area contributed by atoms with Crippen molar-refractivity contribution in [1.29, 1.82) is 0 Å². The molecule has 5 nitrogen and oxygen atoms in total. The molecule has 3 rings (SSSR count). The standard InChI is InChI=1S/C16H21N3O2/c1-11-7-8-12-5-2-3-6-13(12)19(11)15(20)16(9-4-10-16)14(17)18-21/h2-3,5-6,11,21H,4,7-10H2,1H3,(H2,17,18). The van der Waals surface area contributed by atoms with Crippen LogP contribution in [0.4, 0.5) is 5.69 Å². The van der Waals surface area contributed by atoms with E-state index in [1.807, 2.05) is 23.1 Å². The zero-order valence-electron chi connectivity index (χ0n) is 12.2. The third-order valence-electron chi connectivity index (χ3n) is 4.96. The Labute approximate surface area is 124 Å². The second-order valence-corrected chi connectivity index (χ2v) is 6.11. The van der Waals surface area contributed by atoms with E-state index in [1.54, 1.807) is 0 Å². The molecular formula is C16H21N3O2. The van der Waals surface area contributed by atoms with Crippen LogP contribution in [0.15, 0.2) is 29.4 Å². The van der Waals surface area contributed by atoms with Crippen molar-refractivity contribution in [1.82, 2.24) is 0 Å². The Hall–Kier alpha value is -2.04. The van der Waals surface area contributed by atoms with Gasteiger partial charge >= 0.3 is 0 Å². The normalized spacial score (nSPS) is 24.1. The van der Waals surface area contributed by atoms with Crippen molar-refractivity contribution >= 4 is 17.4 Å². The fourth-order valence-corrected chi connectivity index (χ4v) is 3.43.